The van der Waals surface area contributed by atoms with Crippen molar-refractivity contribution in [2.75, 3.05) is 13.6 Å². The van der Waals surface area contributed by atoms with Gasteiger partial charge in [-0.15, -0.1) is 0 Å². The summed E-state index contributed by atoms with van der Waals surface area (Å²) in [6, 6.07) is 7.54. The van der Waals surface area contributed by atoms with Crippen molar-refractivity contribution in [1.82, 2.24) is 15.2 Å². The minimum Gasteiger partial charge on any atom is -0.315 e. The van der Waals surface area contributed by atoms with E-state index in [0.717, 1.165) is 18.8 Å². The molecule has 1 saturated carbocycles. The lowest BCUT2D eigenvalue weighted by molar-refractivity contribution is 0.0650. The molecule has 1 fully saturated rings. The van der Waals surface area contributed by atoms with Gasteiger partial charge in [-0.25, -0.2) is 0 Å². The Balaban J connectivity index is 2.14. The largest absolute Gasteiger partial charge is 0.315 e. The number of pyridine rings is 1. The van der Waals surface area contributed by atoms with Gasteiger partial charge >= 0.3 is 0 Å². The van der Waals surface area contributed by atoms with Gasteiger partial charge in [0.2, 0.25) is 0 Å². The monoisotopic (exact) mass is 289 g/mol. The van der Waals surface area contributed by atoms with E-state index >= 15 is 0 Å². The average molecular weight is 289 g/mol. The normalized spacial score (nSPS) is 25.2. The molecule has 1 heterocycles. The third-order valence-electron chi connectivity index (χ3n) is 4.92. The maximum Gasteiger partial charge on any atom is 0.0547 e. The highest BCUT2D eigenvalue weighted by atomic mass is 15.2. The van der Waals surface area contributed by atoms with Gasteiger partial charge in [0.15, 0.2) is 0 Å². The molecule has 0 amide bonds. The molecule has 21 heavy (non-hydrogen) atoms. The second-order valence-corrected chi connectivity index (χ2v) is 7.20. The number of likely N-dealkylation sites (N-methyl/N-ethyl adjacent to an activating group) is 2. The maximum atomic E-state index is 4.68. The number of hydrogen-bond donors (Lipinski definition) is 1. The van der Waals surface area contributed by atoms with Gasteiger partial charge in [0.25, 0.3) is 0 Å². The first kappa shape index (κ1) is 16.4. The van der Waals surface area contributed by atoms with Gasteiger partial charge in [-0.05, 0) is 57.3 Å². The van der Waals surface area contributed by atoms with Gasteiger partial charge in [0, 0.05) is 24.3 Å². The molecule has 0 aliphatic heterocycles. The van der Waals surface area contributed by atoms with E-state index in [-0.39, 0.29) is 0 Å². The van der Waals surface area contributed by atoms with Crippen molar-refractivity contribution in [2.45, 2.75) is 65.6 Å². The molecule has 2 atom stereocenters. The molecule has 0 bridgehead atoms. The summed E-state index contributed by atoms with van der Waals surface area (Å²) in [6.45, 7) is 11.2. The van der Waals surface area contributed by atoms with Crippen molar-refractivity contribution in [3.63, 3.8) is 0 Å². The summed E-state index contributed by atoms with van der Waals surface area (Å²) in [7, 11) is 2.11. The third-order valence-corrected chi connectivity index (χ3v) is 4.92. The van der Waals surface area contributed by atoms with E-state index in [2.05, 4.69) is 68.1 Å². The number of rotatable bonds is 5. The van der Waals surface area contributed by atoms with Crippen molar-refractivity contribution in [2.24, 2.45) is 5.41 Å². The van der Waals surface area contributed by atoms with E-state index < -0.39 is 0 Å². The van der Waals surface area contributed by atoms with Crippen LogP contribution in [0.2, 0.25) is 0 Å². The maximum absolute atomic E-state index is 4.68. The van der Waals surface area contributed by atoms with Crippen LogP contribution < -0.4 is 5.32 Å². The van der Waals surface area contributed by atoms with E-state index in [4.69, 9.17) is 0 Å². The van der Waals surface area contributed by atoms with Gasteiger partial charge < -0.3 is 5.32 Å². The summed E-state index contributed by atoms with van der Waals surface area (Å²) in [4.78, 5) is 7.28. The summed E-state index contributed by atoms with van der Waals surface area (Å²) in [5, 5.41) is 3.54. The van der Waals surface area contributed by atoms with Crippen LogP contribution in [0.25, 0.3) is 0 Å². The minimum absolute atomic E-state index is 0.450. The van der Waals surface area contributed by atoms with Crippen LogP contribution in [-0.2, 0) is 6.54 Å². The molecule has 1 aromatic rings. The van der Waals surface area contributed by atoms with Gasteiger partial charge in [-0.2, -0.15) is 0 Å². The van der Waals surface area contributed by atoms with Crippen LogP contribution in [0.4, 0.5) is 0 Å². The highest BCUT2D eigenvalue weighted by molar-refractivity contribution is 5.10. The highest BCUT2D eigenvalue weighted by Crippen LogP contribution is 2.37. The Morgan fingerprint density at radius 3 is 2.76 bits per heavy atom. The van der Waals surface area contributed by atoms with E-state index in [9.17, 15) is 0 Å². The lowest BCUT2D eigenvalue weighted by Crippen LogP contribution is -2.53. The standard InChI is InChI=1S/C18H31N3/c1-6-21(13-15-9-7-8-14(2)20-15)17-12-18(3,4)11-10-16(17)19-5/h7-9,16-17,19H,6,10-13H2,1-5H3. The fourth-order valence-corrected chi connectivity index (χ4v) is 3.63. The number of nitrogens with zero attached hydrogens (tertiary/aromatic N) is 2. The zero-order chi connectivity index (χ0) is 15.5. The van der Waals surface area contributed by atoms with Gasteiger partial charge in [0.05, 0.1) is 5.69 Å². The first-order valence-electron chi connectivity index (χ1n) is 8.29. The zero-order valence-electron chi connectivity index (χ0n) is 14.3. The molecule has 1 aliphatic rings. The second-order valence-electron chi connectivity index (χ2n) is 7.20. The molecule has 1 N–H and O–H groups in total. The molecular weight excluding hydrogens is 258 g/mol. The summed E-state index contributed by atoms with van der Waals surface area (Å²) in [5.74, 6) is 0. The topological polar surface area (TPSA) is 28.2 Å². The lowest BCUT2D eigenvalue weighted by atomic mass is 9.72. The highest BCUT2D eigenvalue weighted by Gasteiger charge is 2.36. The van der Waals surface area contributed by atoms with Crippen LogP contribution in [0.1, 0.15) is 51.4 Å². The lowest BCUT2D eigenvalue weighted by Gasteiger charge is -2.45. The smallest absolute Gasteiger partial charge is 0.0547 e. The fourth-order valence-electron chi connectivity index (χ4n) is 3.63. The Labute approximate surface area is 130 Å². The summed E-state index contributed by atoms with van der Waals surface area (Å²) in [6.07, 6.45) is 3.85. The quantitative estimate of drug-likeness (QED) is 0.900. The van der Waals surface area contributed by atoms with E-state index in [1.165, 1.54) is 25.0 Å². The molecule has 1 aromatic heterocycles. The number of aryl methyl sites for hydroxylation is 1. The van der Waals surface area contributed by atoms with Crippen LogP contribution in [0, 0.1) is 12.3 Å². The molecule has 0 saturated heterocycles. The second kappa shape index (κ2) is 6.89. The number of nitrogens with one attached hydrogen (secondary N) is 1. The number of aromatic nitrogens is 1. The first-order chi connectivity index (χ1) is 9.95. The van der Waals surface area contributed by atoms with E-state index in [1.54, 1.807) is 0 Å². The first-order valence-corrected chi connectivity index (χ1v) is 8.29. The Morgan fingerprint density at radius 1 is 1.38 bits per heavy atom. The van der Waals surface area contributed by atoms with Crippen LogP contribution >= 0.6 is 0 Å². The summed E-state index contributed by atoms with van der Waals surface area (Å²) >= 11 is 0. The fraction of sp³-hybridized carbons (Fsp3) is 0.722. The SMILES string of the molecule is CCN(Cc1cccc(C)n1)C1CC(C)(C)CCC1NC. The van der Waals surface area contributed by atoms with Gasteiger partial charge in [-0.1, -0.05) is 26.8 Å². The van der Waals surface area contributed by atoms with E-state index in [1.807, 2.05) is 0 Å². The van der Waals surface area contributed by atoms with Crippen molar-refractivity contribution in [3.05, 3.63) is 29.6 Å². The molecule has 0 aromatic carbocycles. The van der Waals surface area contributed by atoms with E-state index in [0.29, 0.717) is 17.5 Å². The van der Waals surface area contributed by atoms with Crippen LogP contribution in [0.5, 0.6) is 0 Å². The zero-order valence-corrected chi connectivity index (χ0v) is 14.3. The predicted molar refractivity (Wildman–Crippen MR) is 89.3 cm³/mol. The molecule has 3 nitrogen and oxygen atoms in total. The van der Waals surface area contributed by atoms with Crippen LogP contribution in [-0.4, -0.2) is 35.6 Å². The molecular formula is C18H31N3. The van der Waals surface area contributed by atoms with Crippen molar-refractivity contribution in [3.8, 4) is 0 Å². The molecule has 0 radical (unpaired) electrons. The number of hydrogen-bond acceptors (Lipinski definition) is 3. The Morgan fingerprint density at radius 2 is 2.14 bits per heavy atom. The predicted octanol–water partition coefficient (Wildman–Crippen LogP) is 3.38. The van der Waals surface area contributed by atoms with Crippen molar-refractivity contribution < 1.29 is 0 Å². The van der Waals surface area contributed by atoms with Crippen molar-refractivity contribution in [1.29, 1.82) is 0 Å². The summed E-state index contributed by atoms with van der Waals surface area (Å²) in [5.41, 5.74) is 2.75. The average Bonchev–Trinajstić information content (AvgIpc) is 2.44. The molecule has 0 spiro atoms. The Kier molecular flexibility index (Phi) is 5.39. The molecule has 118 valence electrons. The van der Waals surface area contributed by atoms with Crippen LogP contribution in [0.3, 0.4) is 0 Å². The van der Waals surface area contributed by atoms with Gasteiger partial charge in [-0.3, -0.25) is 9.88 Å². The molecule has 3 heteroatoms. The van der Waals surface area contributed by atoms with Crippen molar-refractivity contribution >= 4 is 0 Å². The summed E-state index contributed by atoms with van der Waals surface area (Å²) < 4.78 is 0. The molecule has 1 aliphatic carbocycles. The Bertz CT molecular complexity index is 456. The molecule has 2 unspecified atom stereocenters. The Hall–Kier alpha value is -0.930. The molecule has 2 rings (SSSR count). The third kappa shape index (κ3) is 4.27. The minimum atomic E-state index is 0.450. The van der Waals surface area contributed by atoms with Gasteiger partial charge in [0.1, 0.15) is 0 Å². The van der Waals surface area contributed by atoms with Crippen LogP contribution in [0.15, 0.2) is 18.2 Å².